The zero-order valence-electron chi connectivity index (χ0n) is 13.5. The number of halogens is 2. The number of benzene rings is 3. The Morgan fingerprint density at radius 2 is 1.35 bits per heavy atom. The first kappa shape index (κ1) is 18.1. The van der Waals surface area contributed by atoms with Gasteiger partial charge in [-0.15, -0.1) is 0 Å². The van der Waals surface area contributed by atoms with E-state index in [9.17, 15) is 15.3 Å². The van der Waals surface area contributed by atoms with Crippen molar-refractivity contribution in [3.8, 4) is 17.2 Å². The van der Waals surface area contributed by atoms with Gasteiger partial charge in [-0.3, -0.25) is 4.99 Å². The molecule has 0 amide bonds. The monoisotopic (exact) mass is 387 g/mol. The highest BCUT2D eigenvalue weighted by atomic mass is 35.5. The molecule has 3 N–H and O–H groups in total. The van der Waals surface area contributed by atoms with E-state index in [1.807, 2.05) is 0 Å². The van der Waals surface area contributed by atoms with E-state index >= 15 is 0 Å². The molecule has 3 aromatic carbocycles. The number of hydrogen-bond acceptors (Lipinski definition) is 4. The van der Waals surface area contributed by atoms with Crippen molar-refractivity contribution < 1.29 is 15.3 Å². The molecule has 0 bridgehead atoms. The highest BCUT2D eigenvalue weighted by Crippen LogP contribution is 2.37. The van der Waals surface area contributed by atoms with Gasteiger partial charge in [-0.25, -0.2) is 0 Å². The van der Waals surface area contributed by atoms with E-state index in [2.05, 4.69) is 4.99 Å². The molecule has 0 spiro atoms. The van der Waals surface area contributed by atoms with Gasteiger partial charge in [0.05, 0.1) is 5.02 Å². The van der Waals surface area contributed by atoms with Gasteiger partial charge in [0.25, 0.3) is 0 Å². The molecule has 0 aliphatic carbocycles. The molecule has 0 radical (unpaired) electrons. The van der Waals surface area contributed by atoms with Gasteiger partial charge >= 0.3 is 0 Å². The summed E-state index contributed by atoms with van der Waals surface area (Å²) in [5.74, 6) is -0.0503. The highest BCUT2D eigenvalue weighted by molar-refractivity contribution is 6.36. The molecule has 0 saturated carbocycles. The third-order valence-corrected chi connectivity index (χ3v) is 4.39. The zero-order valence-corrected chi connectivity index (χ0v) is 15.0. The molecule has 0 saturated heterocycles. The summed E-state index contributed by atoms with van der Waals surface area (Å²) in [6.07, 6.45) is 1.41. The van der Waals surface area contributed by atoms with Gasteiger partial charge in [0.15, 0.2) is 0 Å². The van der Waals surface area contributed by atoms with Gasteiger partial charge in [0.2, 0.25) is 0 Å². The van der Waals surface area contributed by atoms with Crippen LogP contribution in [0.5, 0.6) is 17.2 Å². The smallest absolute Gasteiger partial charge is 0.143 e. The maximum Gasteiger partial charge on any atom is 0.143 e. The topological polar surface area (TPSA) is 73.1 Å². The number of aromatic hydroxyl groups is 3. The third kappa shape index (κ3) is 3.77. The number of nitrogens with zero attached hydrogens (tertiary/aromatic N) is 1. The number of para-hydroxylation sites is 2. The normalized spacial score (nSPS) is 11.3. The van der Waals surface area contributed by atoms with Gasteiger partial charge in [-0.1, -0.05) is 59.6 Å². The van der Waals surface area contributed by atoms with E-state index in [0.29, 0.717) is 21.7 Å². The summed E-state index contributed by atoms with van der Waals surface area (Å²) in [6, 6.07) is 15.7. The average molecular weight is 388 g/mol. The van der Waals surface area contributed by atoms with Crippen LogP contribution in [0, 0.1) is 0 Å². The molecular weight excluding hydrogens is 373 g/mol. The standard InChI is InChI=1S/C20H15Cl2NO3/c21-13-9-12(20(26)16(22)10-13)11-23-19(14-5-1-3-7-17(14)24)15-6-2-4-8-18(15)25/h1-11,19,24-26H. The van der Waals surface area contributed by atoms with Crippen molar-refractivity contribution in [2.45, 2.75) is 6.04 Å². The number of aliphatic imine (C=N–C) groups is 1. The molecule has 0 aliphatic rings. The number of rotatable bonds is 4. The number of hydrogen-bond donors (Lipinski definition) is 3. The average Bonchev–Trinajstić information content (AvgIpc) is 2.61. The fraction of sp³-hybridized carbons (Fsp3) is 0.0500. The van der Waals surface area contributed by atoms with E-state index in [0.717, 1.165) is 0 Å². The third-order valence-electron chi connectivity index (χ3n) is 3.88. The Hall–Kier alpha value is -2.69. The minimum atomic E-state index is -0.686. The Morgan fingerprint density at radius 1 is 0.808 bits per heavy atom. The van der Waals surface area contributed by atoms with E-state index < -0.39 is 6.04 Å². The Labute approximate surface area is 160 Å². The number of phenolic OH excluding ortho intramolecular Hbond substituents is 3. The molecule has 0 aromatic heterocycles. The quantitative estimate of drug-likeness (QED) is 0.530. The Morgan fingerprint density at radius 3 is 1.88 bits per heavy atom. The molecule has 3 rings (SSSR count). The van der Waals surface area contributed by atoms with Gasteiger partial charge in [0, 0.05) is 27.9 Å². The fourth-order valence-corrected chi connectivity index (χ4v) is 3.11. The predicted molar refractivity (Wildman–Crippen MR) is 104 cm³/mol. The highest BCUT2D eigenvalue weighted by Gasteiger charge is 2.19. The minimum Gasteiger partial charge on any atom is -0.508 e. The van der Waals surface area contributed by atoms with Crippen LogP contribution in [0.2, 0.25) is 10.0 Å². The van der Waals surface area contributed by atoms with Crippen LogP contribution in [0.25, 0.3) is 0 Å². The van der Waals surface area contributed by atoms with Gasteiger partial charge < -0.3 is 15.3 Å². The van der Waals surface area contributed by atoms with E-state index in [4.69, 9.17) is 23.2 Å². The van der Waals surface area contributed by atoms with Crippen molar-refractivity contribution in [3.05, 3.63) is 87.4 Å². The first-order valence-electron chi connectivity index (χ1n) is 7.74. The molecule has 3 aromatic rings. The van der Waals surface area contributed by atoms with Gasteiger partial charge in [0.1, 0.15) is 23.3 Å². The van der Waals surface area contributed by atoms with Crippen LogP contribution in [0.4, 0.5) is 0 Å². The summed E-state index contributed by atoms with van der Waals surface area (Å²) in [5, 5.41) is 31.0. The molecule has 0 fully saturated rings. The molecule has 0 heterocycles. The summed E-state index contributed by atoms with van der Waals surface area (Å²) in [5.41, 5.74) is 1.36. The van der Waals surface area contributed by atoms with Crippen molar-refractivity contribution in [2.24, 2.45) is 4.99 Å². The second-order valence-corrected chi connectivity index (χ2v) is 6.47. The molecule has 0 unspecified atom stereocenters. The fourth-order valence-electron chi connectivity index (χ4n) is 2.60. The maximum atomic E-state index is 10.2. The van der Waals surface area contributed by atoms with Crippen molar-refractivity contribution in [1.29, 1.82) is 0 Å². The molecule has 0 aliphatic heterocycles. The second kappa shape index (κ2) is 7.68. The Kier molecular flexibility index (Phi) is 5.35. The molecule has 26 heavy (non-hydrogen) atoms. The lowest BCUT2D eigenvalue weighted by atomic mass is 9.97. The maximum absolute atomic E-state index is 10.2. The summed E-state index contributed by atoms with van der Waals surface area (Å²) < 4.78 is 0. The van der Waals surface area contributed by atoms with Crippen LogP contribution in [-0.2, 0) is 0 Å². The van der Waals surface area contributed by atoms with Crippen LogP contribution in [0.1, 0.15) is 22.7 Å². The van der Waals surface area contributed by atoms with Crippen molar-refractivity contribution in [1.82, 2.24) is 0 Å². The molecular formula is C20H15Cl2NO3. The predicted octanol–water partition coefficient (Wildman–Crippen LogP) is 5.32. The summed E-state index contributed by atoms with van der Waals surface area (Å²) in [7, 11) is 0. The second-order valence-electron chi connectivity index (χ2n) is 5.62. The van der Waals surface area contributed by atoms with Crippen LogP contribution in [0.15, 0.2) is 65.7 Å². The van der Waals surface area contributed by atoms with E-state index in [1.54, 1.807) is 48.5 Å². The first-order chi connectivity index (χ1) is 12.5. The lowest BCUT2D eigenvalue weighted by Gasteiger charge is -2.16. The van der Waals surface area contributed by atoms with Crippen LogP contribution in [0.3, 0.4) is 0 Å². The van der Waals surface area contributed by atoms with Crippen LogP contribution in [-0.4, -0.2) is 21.5 Å². The largest absolute Gasteiger partial charge is 0.508 e. The van der Waals surface area contributed by atoms with Gasteiger partial charge in [-0.05, 0) is 24.3 Å². The van der Waals surface area contributed by atoms with Crippen molar-refractivity contribution in [2.75, 3.05) is 0 Å². The molecule has 6 heteroatoms. The summed E-state index contributed by atoms with van der Waals surface area (Å²) in [4.78, 5) is 4.48. The summed E-state index contributed by atoms with van der Waals surface area (Å²) >= 11 is 11.9. The zero-order chi connectivity index (χ0) is 18.7. The van der Waals surface area contributed by atoms with Crippen LogP contribution < -0.4 is 0 Å². The number of phenols is 3. The van der Waals surface area contributed by atoms with Gasteiger partial charge in [-0.2, -0.15) is 0 Å². The lowest BCUT2D eigenvalue weighted by molar-refractivity contribution is 0.455. The Bertz CT molecular complexity index is 928. The summed E-state index contributed by atoms with van der Waals surface area (Å²) in [6.45, 7) is 0. The first-order valence-corrected chi connectivity index (χ1v) is 8.50. The SMILES string of the molecule is Oc1ccccc1C(N=Cc1cc(Cl)cc(Cl)c1O)c1ccccc1O. The van der Waals surface area contributed by atoms with Crippen molar-refractivity contribution >= 4 is 29.4 Å². The van der Waals surface area contributed by atoms with E-state index in [1.165, 1.54) is 18.3 Å². The molecule has 132 valence electrons. The molecule has 0 atom stereocenters. The van der Waals surface area contributed by atoms with Crippen LogP contribution >= 0.6 is 23.2 Å². The van der Waals surface area contributed by atoms with Crippen molar-refractivity contribution in [3.63, 3.8) is 0 Å². The Balaban J connectivity index is 2.11. The lowest BCUT2D eigenvalue weighted by Crippen LogP contribution is -2.00. The minimum absolute atomic E-state index is 0.0475. The van der Waals surface area contributed by atoms with E-state index in [-0.39, 0.29) is 22.3 Å². The molecule has 4 nitrogen and oxygen atoms in total.